The van der Waals surface area contributed by atoms with Gasteiger partial charge in [0, 0.05) is 12.1 Å². The summed E-state index contributed by atoms with van der Waals surface area (Å²) in [5.41, 5.74) is 2.80. The van der Waals surface area contributed by atoms with Crippen molar-refractivity contribution in [3.8, 4) is 0 Å². The van der Waals surface area contributed by atoms with E-state index >= 15 is 0 Å². The van der Waals surface area contributed by atoms with E-state index in [1.54, 1.807) is 0 Å². The predicted octanol–water partition coefficient (Wildman–Crippen LogP) is 3.72. The van der Waals surface area contributed by atoms with Crippen LogP contribution < -0.4 is 5.32 Å². The lowest BCUT2D eigenvalue weighted by Crippen LogP contribution is -2.25. The van der Waals surface area contributed by atoms with Crippen molar-refractivity contribution in [3.63, 3.8) is 0 Å². The van der Waals surface area contributed by atoms with Crippen molar-refractivity contribution in [1.82, 2.24) is 5.32 Å². The van der Waals surface area contributed by atoms with Gasteiger partial charge >= 0.3 is 0 Å². The largest absolute Gasteiger partial charge is 0.307 e. The van der Waals surface area contributed by atoms with Gasteiger partial charge in [-0.1, -0.05) is 60.7 Å². The van der Waals surface area contributed by atoms with Crippen LogP contribution in [-0.2, 0) is 6.42 Å². The summed E-state index contributed by atoms with van der Waals surface area (Å²) in [5.74, 6) is 0. The van der Waals surface area contributed by atoms with Crippen molar-refractivity contribution in [3.05, 3.63) is 71.8 Å². The molecule has 1 fully saturated rings. The third kappa shape index (κ3) is 2.99. The minimum absolute atomic E-state index is 0.445. The van der Waals surface area contributed by atoms with E-state index in [9.17, 15) is 0 Å². The first kappa shape index (κ1) is 11.5. The number of benzene rings is 2. The van der Waals surface area contributed by atoms with Crippen molar-refractivity contribution in [2.24, 2.45) is 0 Å². The molecular weight excluding hydrogens is 218 g/mol. The zero-order valence-corrected chi connectivity index (χ0v) is 10.5. The van der Waals surface area contributed by atoms with Crippen LogP contribution in [0.1, 0.15) is 30.0 Å². The molecule has 1 atom stereocenters. The zero-order valence-electron chi connectivity index (χ0n) is 10.5. The summed E-state index contributed by atoms with van der Waals surface area (Å²) in [5, 5.41) is 3.76. The van der Waals surface area contributed by atoms with Crippen molar-refractivity contribution in [2.75, 3.05) is 0 Å². The lowest BCUT2D eigenvalue weighted by molar-refractivity contribution is 0.527. The van der Waals surface area contributed by atoms with Crippen LogP contribution in [0.5, 0.6) is 0 Å². The van der Waals surface area contributed by atoms with Crippen LogP contribution in [-0.4, -0.2) is 6.04 Å². The van der Waals surface area contributed by atoms with Gasteiger partial charge in [0.05, 0.1) is 0 Å². The molecule has 0 amide bonds. The lowest BCUT2D eigenvalue weighted by atomic mass is 9.99. The van der Waals surface area contributed by atoms with Gasteiger partial charge < -0.3 is 5.32 Å². The normalized spacial score (nSPS) is 16.4. The fraction of sp³-hybridized carbons (Fsp3) is 0.294. The van der Waals surface area contributed by atoms with E-state index in [0.29, 0.717) is 6.04 Å². The predicted molar refractivity (Wildman–Crippen MR) is 75.5 cm³/mol. The average molecular weight is 237 g/mol. The molecule has 1 nitrogen and oxygen atoms in total. The van der Waals surface area contributed by atoms with Crippen LogP contribution in [0, 0.1) is 0 Å². The van der Waals surface area contributed by atoms with E-state index in [-0.39, 0.29) is 0 Å². The molecule has 92 valence electrons. The van der Waals surface area contributed by atoms with E-state index in [4.69, 9.17) is 0 Å². The van der Waals surface area contributed by atoms with E-state index in [0.717, 1.165) is 12.5 Å². The summed E-state index contributed by atoms with van der Waals surface area (Å²) in [4.78, 5) is 0. The number of nitrogens with one attached hydrogen (secondary N) is 1. The van der Waals surface area contributed by atoms with Crippen molar-refractivity contribution in [2.45, 2.75) is 31.3 Å². The van der Waals surface area contributed by atoms with Crippen molar-refractivity contribution < 1.29 is 0 Å². The molecular formula is C17H19N. The van der Waals surface area contributed by atoms with Crippen molar-refractivity contribution >= 4 is 0 Å². The Morgan fingerprint density at radius 2 is 1.50 bits per heavy atom. The second-order valence-electron chi connectivity index (χ2n) is 5.09. The van der Waals surface area contributed by atoms with Crippen LogP contribution in [0.3, 0.4) is 0 Å². The van der Waals surface area contributed by atoms with Gasteiger partial charge in [0.15, 0.2) is 0 Å². The maximum Gasteiger partial charge on any atom is 0.0363 e. The first-order valence-corrected chi connectivity index (χ1v) is 6.77. The molecule has 1 aliphatic carbocycles. The molecule has 2 aromatic rings. The first-order chi connectivity index (χ1) is 8.92. The topological polar surface area (TPSA) is 12.0 Å². The van der Waals surface area contributed by atoms with Gasteiger partial charge in [-0.15, -0.1) is 0 Å². The number of rotatable bonds is 5. The third-order valence-corrected chi connectivity index (χ3v) is 3.50. The van der Waals surface area contributed by atoms with Gasteiger partial charge in [-0.3, -0.25) is 0 Å². The standard InChI is InChI=1S/C17H19N/c1-3-7-14(8-4-1)13-17(18-16-11-12-16)15-9-5-2-6-10-15/h1-10,16-18H,11-13H2. The Bertz CT molecular complexity index is 473. The van der Waals surface area contributed by atoms with Gasteiger partial charge in [0.2, 0.25) is 0 Å². The fourth-order valence-electron chi connectivity index (χ4n) is 2.34. The molecule has 0 bridgehead atoms. The molecule has 1 heteroatoms. The summed E-state index contributed by atoms with van der Waals surface area (Å²) in [6.45, 7) is 0. The molecule has 1 N–H and O–H groups in total. The molecule has 0 saturated heterocycles. The summed E-state index contributed by atoms with van der Waals surface area (Å²) in [7, 11) is 0. The van der Waals surface area contributed by atoms with E-state index in [2.05, 4.69) is 66.0 Å². The molecule has 0 heterocycles. The SMILES string of the molecule is c1ccc(CC(NC2CC2)c2ccccc2)cc1. The van der Waals surface area contributed by atoms with Gasteiger partial charge in [0.25, 0.3) is 0 Å². The third-order valence-electron chi connectivity index (χ3n) is 3.50. The Morgan fingerprint density at radius 3 is 2.11 bits per heavy atom. The highest BCUT2D eigenvalue weighted by Crippen LogP contribution is 2.26. The van der Waals surface area contributed by atoms with E-state index in [1.807, 2.05) is 0 Å². The van der Waals surface area contributed by atoms with Crippen LogP contribution >= 0.6 is 0 Å². The Hall–Kier alpha value is -1.60. The van der Waals surface area contributed by atoms with Gasteiger partial charge in [-0.2, -0.15) is 0 Å². The lowest BCUT2D eigenvalue weighted by Gasteiger charge is -2.19. The van der Waals surface area contributed by atoms with Gasteiger partial charge in [0.1, 0.15) is 0 Å². The highest BCUT2D eigenvalue weighted by molar-refractivity contribution is 5.24. The molecule has 18 heavy (non-hydrogen) atoms. The minimum Gasteiger partial charge on any atom is -0.307 e. The second kappa shape index (κ2) is 5.36. The number of hydrogen-bond donors (Lipinski definition) is 1. The molecule has 1 unspecified atom stereocenters. The monoisotopic (exact) mass is 237 g/mol. The van der Waals surface area contributed by atoms with Crippen LogP contribution in [0.4, 0.5) is 0 Å². The fourth-order valence-corrected chi connectivity index (χ4v) is 2.34. The second-order valence-corrected chi connectivity index (χ2v) is 5.09. The Morgan fingerprint density at radius 1 is 0.889 bits per heavy atom. The van der Waals surface area contributed by atoms with Crippen LogP contribution in [0.25, 0.3) is 0 Å². The Labute approximate surface area is 109 Å². The number of hydrogen-bond acceptors (Lipinski definition) is 1. The summed E-state index contributed by atoms with van der Waals surface area (Å²) < 4.78 is 0. The maximum absolute atomic E-state index is 3.76. The van der Waals surface area contributed by atoms with Crippen LogP contribution in [0.15, 0.2) is 60.7 Å². The van der Waals surface area contributed by atoms with Gasteiger partial charge in [-0.05, 0) is 30.4 Å². The van der Waals surface area contributed by atoms with E-state index < -0.39 is 0 Å². The maximum atomic E-state index is 3.76. The van der Waals surface area contributed by atoms with Crippen molar-refractivity contribution in [1.29, 1.82) is 0 Å². The van der Waals surface area contributed by atoms with Crippen LogP contribution in [0.2, 0.25) is 0 Å². The smallest absolute Gasteiger partial charge is 0.0363 e. The first-order valence-electron chi connectivity index (χ1n) is 6.77. The summed E-state index contributed by atoms with van der Waals surface area (Å²) in [6.07, 6.45) is 3.73. The summed E-state index contributed by atoms with van der Waals surface area (Å²) in [6, 6.07) is 22.7. The molecule has 1 saturated carbocycles. The molecule has 3 rings (SSSR count). The quantitative estimate of drug-likeness (QED) is 0.835. The zero-order chi connectivity index (χ0) is 12.2. The average Bonchev–Trinajstić information content (AvgIpc) is 3.24. The highest BCUT2D eigenvalue weighted by atomic mass is 15.0. The molecule has 0 spiro atoms. The Kier molecular flexibility index (Phi) is 3.42. The van der Waals surface area contributed by atoms with Gasteiger partial charge in [-0.25, -0.2) is 0 Å². The minimum atomic E-state index is 0.445. The molecule has 0 aromatic heterocycles. The Balaban J connectivity index is 1.77. The highest BCUT2D eigenvalue weighted by Gasteiger charge is 2.25. The summed E-state index contributed by atoms with van der Waals surface area (Å²) >= 11 is 0. The molecule has 0 aliphatic heterocycles. The molecule has 2 aromatic carbocycles. The molecule has 1 aliphatic rings. The van der Waals surface area contributed by atoms with E-state index in [1.165, 1.54) is 24.0 Å². The molecule has 0 radical (unpaired) electrons.